The van der Waals surface area contributed by atoms with Gasteiger partial charge in [-0.2, -0.15) is 10.5 Å². The second kappa shape index (κ2) is 10.5. The van der Waals surface area contributed by atoms with Crippen LogP contribution in [0.15, 0.2) is 144 Å². The van der Waals surface area contributed by atoms with E-state index in [-0.39, 0.29) is 0 Å². The maximum Gasteiger partial charge on any atom is 0.145 e. The van der Waals surface area contributed by atoms with Crippen LogP contribution in [-0.4, -0.2) is 9.13 Å². The van der Waals surface area contributed by atoms with Crippen LogP contribution >= 0.6 is 0 Å². The number of fused-ring (bicyclic) bond motifs is 10. The minimum atomic E-state index is 0.559. The molecule has 3 aromatic heterocycles. The number of rotatable bonds is 3. The lowest BCUT2D eigenvalue weighted by Crippen LogP contribution is -1.97. The Kier molecular flexibility index (Phi) is 5.85. The minimum Gasteiger partial charge on any atom is -0.455 e. The summed E-state index contributed by atoms with van der Waals surface area (Å²) in [5.41, 5.74) is 12.0. The average Bonchev–Trinajstić information content (AvgIpc) is 3.82. The zero-order chi connectivity index (χ0) is 33.5. The van der Waals surface area contributed by atoms with E-state index in [0.717, 1.165) is 71.8 Å². The smallest absolute Gasteiger partial charge is 0.145 e. The monoisotopic (exact) mass is 638 g/mol. The molecule has 10 rings (SSSR count). The van der Waals surface area contributed by atoms with Gasteiger partial charge in [0.15, 0.2) is 0 Å². The van der Waals surface area contributed by atoms with E-state index in [4.69, 9.17) is 4.42 Å². The first-order valence-electron chi connectivity index (χ1n) is 16.5. The molecule has 0 fully saturated rings. The van der Waals surface area contributed by atoms with E-state index in [9.17, 15) is 10.5 Å². The molecule has 5 nitrogen and oxygen atoms in total. The maximum atomic E-state index is 10.3. The molecule has 10 aromatic rings. The van der Waals surface area contributed by atoms with E-state index in [1.807, 2.05) is 48.5 Å². The van der Waals surface area contributed by atoms with Crippen molar-refractivity contribution in [3.63, 3.8) is 0 Å². The molecule has 0 radical (unpaired) electrons. The number of hydrogen-bond acceptors (Lipinski definition) is 3. The van der Waals surface area contributed by atoms with Crippen molar-refractivity contribution in [3.05, 3.63) is 156 Å². The zero-order valence-electron chi connectivity index (χ0n) is 27.0. The number of furan rings is 1. The van der Waals surface area contributed by atoms with E-state index in [2.05, 4.69) is 119 Å². The lowest BCUT2D eigenvalue weighted by Gasteiger charge is -2.14. The molecule has 0 saturated carbocycles. The molecule has 0 amide bonds. The Morgan fingerprint density at radius 3 is 2.12 bits per heavy atom. The maximum absolute atomic E-state index is 10.3. The van der Waals surface area contributed by atoms with Gasteiger partial charge in [0, 0.05) is 38.3 Å². The zero-order valence-corrected chi connectivity index (χ0v) is 27.0. The van der Waals surface area contributed by atoms with Crippen molar-refractivity contribution in [1.82, 2.24) is 9.13 Å². The average molecular weight is 639 g/mol. The topological polar surface area (TPSA) is 70.6 Å². The highest BCUT2D eigenvalue weighted by Crippen LogP contribution is 2.42. The SMILES string of the molecule is Cc1cccc2c3ccccc3n(-c3cccc(-c4cc(C#N)cc(-n5c6ccc(C#N)cc6c6c7oc8ccccc8c7ccc65)c4)c3)c12. The van der Waals surface area contributed by atoms with Crippen molar-refractivity contribution in [3.8, 4) is 34.6 Å². The van der Waals surface area contributed by atoms with Gasteiger partial charge in [0.05, 0.1) is 50.7 Å². The van der Waals surface area contributed by atoms with Crippen LogP contribution in [0.25, 0.3) is 88.1 Å². The van der Waals surface area contributed by atoms with Gasteiger partial charge in [0.2, 0.25) is 0 Å². The first kappa shape index (κ1) is 28.0. The molecule has 3 heterocycles. The van der Waals surface area contributed by atoms with Crippen molar-refractivity contribution < 1.29 is 4.42 Å². The Bertz CT molecular complexity index is 3140. The van der Waals surface area contributed by atoms with Gasteiger partial charge in [-0.1, -0.05) is 66.7 Å². The van der Waals surface area contributed by atoms with Gasteiger partial charge in [-0.05, 0) is 96.4 Å². The molecule has 0 aliphatic carbocycles. The molecule has 0 atom stereocenters. The van der Waals surface area contributed by atoms with E-state index >= 15 is 0 Å². The summed E-state index contributed by atoms with van der Waals surface area (Å²) in [6.45, 7) is 2.16. The molecule has 0 aliphatic heterocycles. The molecule has 7 aromatic carbocycles. The van der Waals surface area contributed by atoms with E-state index in [0.29, 0.717) is 11.1 Å². The highest BCUT2D eigenvalue weighted by atomic mass is 16.3. The number of aromatic nitrogens is 2. The van der Waals surface area contributed by atoms with Crippen LogP contribution in [0.4, 0.5) is 0 Å². The summed E-state index contributed by atoms with van der Waals surface area (Å²) in [7, 11) is 0. The fraction of sp³-hybridized carbons (Fsp3) is 0.0222. The number of nitriles is 2. The quantitative estimate of drug-likeness (QED) is 0.193. The van der Waals surface area contributed by atoms with Gasteiger partial charge in [0.25, 0.3) is 0 Å². The van der Waals surface area contributed by atoms with Gasteiger partial charge in [-0.3, -0.25) is 0 Å². The molecular weight excluding hydrogens is 613 g/mol. The minimum absolute atomic E-state index is 0.559. The van der Waals surface area contributed by atoms with Gasteiger partial charge in [0.1, 0.15) is 11.2 Å². The van der Waals surface area contributed by atoms with Gasteiger partial charge in [-0.15, -0.1) is 0 Å². The van der Waals surface area contributed by atoms with E-state index < -0.39 is 0 Å². The Balaban J connectivity index is 1.22. The molecular formula is C45H26N4O. The first-order chi connectivity index (χ1) is 24.6. The van der Waals surface area contributed by atoms with Crippen molar-refractivity contribution in [2.24, 2.45) is 0 Å². The summed E-state index contributed by atoms with van der Waals surface area (Å²) in [6, 6.07) is 52.4. The third kappa shape index (κ3) is 3.92. The highest BCUT2D eigenvalue weighted by molar-refractivity contribution is 6.24. The molecule has 232 valence electrons. The van der Waals surface area contributed by atoms with Crippen LogP contribution in [0.3, 0.4) is 0 Å². The Morgan fingerprint density at radius 1 is 0.500 bits per heavy atom. The molecule has 50 heavy (non-hydrogen) atoms. The number of para-hydroxylation sites is 3. The molecule has 0 bridgehead atoms. The van der Waals surface area contributed by atoms with Crippen molar-refractivity contribution in [2.75, 3.05) is 0 Å². The van der Waals surface area contributed by atoms with Crippen LogP contribution in [-0.2, 0) is 0 Å². The van der Waals surface area contributed by atoms with E-state index in [1.165, 1.54) is 21.9 Å². The predicted octanol–water partition coefficient (Wildman–Crippen LogP) is 11.5. The number of hydrogen-bond donors (Lipinski definition) is 0. The summed E-state index contributed by atoms with van der Waals surface area (Å²) in [6.07, 6.45) is 0. The standard InChI is InChI=1S/C45H26N4O/c1-27-8-6-13-36-34-11-2-4-14-39(34)49(44(27)36)32-10-7-9-30(23-32)31-20-29(26-47)21-33(24-31)48-40-18-16-28(25-46)22-38(40)43-41(48)19-17-37-35-12-3-5-15-42(35)50-45(37)43/h2-24H,1H3. The van der Waals surface area contributed by atoms with Gasteiger partial charge >= 0.3 is 0 Å². The van der Waals surface area contributed by atoms with Gasteiger partial charge in [-0.25, -0.2) is 0 Å². The predicted molar refractivity (Wildman–Crippen MR) is 202 cm³/mol. The summed E-state index contributed by atoms with van der Waals surface area (Å²) in [4.78, 5) is 0. The van der Waals surface area contributed by atoms with E-state index in [1.54, 1.807) is 0 Å². The molecule has 0 unspecified atom stereocenters. The molecule has 0 saturated heterocycles. The lowest BCUT2D eigenvalue weighted by atomic mass is 10.0. The van der Waals surface area contributed by atoms with Crippen LogP contribution in [0.1, 0.15) is 16.7 Å². The van der Waals surface area contributed by atoms with Crippen LogP contribution in [0.2, 0.25) is 0 Å². The summed E-state index contributed by atoms with van der Waals surface area (Å²) in [5, 5.41) is 26.6. The van der Waals surface area contributed by atoms with Crippen LogP contribution < -0.4 is 0 Å². The van der Waals surface area contributed by atoms with Crippen molar-refractivity contribution in [2.45, 2.75) is 6.92 Å². The molecule has 5 heteroatoms. The molecule has 0 aliphatic rings. The fourth-order valence-electron chi connectivity index (χ4n) is 7.89. The third-order valence-electron chi connectivity index (χ3n) is 10.0. The Morgan fingerprint density at radius 2 is 1.24 bits per heavy atom. The summed E-state index contributed by atoms with van der Waals surface area (Å²) >= 11 is 0. The molecule has 0 spiro atoms. The fourth-order valence-corrected chi connectivity index (χ4v) is 7.89. The second-order valence-electron chi connectivity index (χ2n) is 12.9. The Labute approximate surface area is 286 Å². The van der Waals surface area contributed by atoms with Gasteiger partial charge < -0.3 is 13.6 Å². The summed E-state index contributed by atoms with van der Waals surface area (Å²) < 4.78 is 11.0. The lowest BCUT2D eigenvalue weighted by molar-refractivity contribution is 0.673. The molecule has 0 N–H and O–H groups in total. The largest absolute Gasteiger partial charge is 0.455 e. The number of nitrogens with zero attached hydrogens (tertiary/aromatic N) is 4. The van der Waals surface area contributed by atoms with Crippen molar-refractivity contribution in [1.29, 1.82) is 10.5 Å². The second-order valence-corrected chi connectivity index (χ2v) is 12.9. The van der Waals surface area contributed by atoms with Crippen molar-refractivity contribution >= 4 is 65.6 Å². The number of benzene rings is 7. The third-order valence-corrected chi connectivity index (χ3v) is 10.0. The summed E-state index contributed by atoms with van der Waals surface area (Å²) in [5.74, 6) is 0. The van der Waals surface area contributed by atoms with Crippen LogP contribution in [0, 0.1) is 29.6 Å². The Hall–Kier alpha value is -7.08. The number of aryl methyl sites for hydroxylation is 1. The normalized spacial score (nSPS) is 11.7. The highest BCUT2D eigenvalue weighted by Gasteiger charge is 2.20. The first-order valence-corrected chi connectivity index (χ1v) is 16.5. The van der Waals surface area contributed by atoms with Crippen LogP contribution in [0.5, 0.6) is 0 Å².